The Morgan fingerprint density at radius 2 is 2.26 bits per heavy atom. The van der Waals surface area contributed by atoms with Crippen LogP contribution in [-0.2, 0) is 9.59 Å². The van der Waals surface area contributed by atoms with Crippen LogP contribution >= 0.6 is 0 Å². The van der Waals surface area contributed by atoms with Gasteiger partial charge in [0.1, 0.15) is 5.71 Å². The number of aliphatic hydroxyl groups is 1. The molecule has 0 aromatic rings. The number of aliphatic hydroxyl groups excluding tert-OH is 1. The molecule has 0 aromatic heterocycles. The molecule has 1 fully saturated rings. The molecule has 2 aliphatic rings. The Bertz CT molecular complexity index is 393. The largest absolute Gasteiger partial charge is 0.396 e. The molecule has 6 heteroatoms. The Morgan fingerprint density at radius 3 is 2.95 bits per heavy atom. The lowest BCUT2D eigenvalue weighted by Gasteiger charge is -2.33. The zero-order valence-electron chi connectivity index (χ0n) is 11.3. The fourth-order valence-corrected chi connectivity index (χ4v) is 2.67. The standard InChI is InChI=1S/C13H21N3O3/c1-15-12(18)5-4-11(14-15)13(19)16-7-2-3-10(9-16)6-8-17/h10,17H,2-9H2,1H3. The normalized spacial score (nSPS) is 24.4. The maximum atomic E-state index is 12.3. The first-order valence-electron chi connectivity index (χ1n) is 6.86. The first kappa shape index (κ1) is 14.0. The summed E-state index contributed by atoms with van der Waals surface area (Å²) in [6, 6.07) is 0. The molecule has 19 heavy (non-hydrogen) atoms. The van der Waals surface area contributed by atoms with Gasteiger partial charge in [0.15, 0.2) is 0 Å². The van der Waals surface area contributed by atoms with Gasteiger partial charge in [-0.05, 0) is 25.2 Å². The van der Waals surface area contributed by atoms with Crippen molar-refractivity contribution in [1.82, 2.24) is 9.91 Å². The number of carbonyl (C=O) groups is 2. The van der Waals surface area contributed by atoms with Gasteiger partial charge in [-0.2, -0.15) is 5.10 Å². The number of likely N-dealkylation sites (tertiary alicyclic amines) is 1. The van der Waals surface area contributed by atoms with Gasteiger partial charge in [0, 0.05) is 39.6 Å². The van der Waals surface area contributed by atoms with Crippen LogP contribution in [0, 0.1) is 5.92 Å². The van der Waals surface area contributed by atoms with E-state index in [1.54, 1.807) is 7.05 Å². The van der Waals surface area contributed by atoms with Gasteiger partial charge in [0.05, 0.1) is 0 Å². The Morgan fingerprint density at radius 1 is 1.47 bits per heavy atom. The maximum Gasteiger partial charge on any atom is 0.270 e. The van der Waals surface area contributed by atoms with Gasteiger partial charge >= 0.3 is 0 Å². The summed E-state index contributed by atoms with van der Waals surface area (Å²) in [7, 11) is 1.58. The number of hydrogen-bond donors (Lipinski definition) is 1. The van der Waals surface area contributed by atoms with Crippen LogP contribution in [0.25, 0.3) is 0 Å². The minimum absolute atomic E-state index is 0.0478. The predicted molar refractivity (Wildman–Crippen MR) is 70.4 cm³/mol. The van der Waals surface area contributed by atoms with E-state index in [0.29, 0.717) is 31.0 Å². The highest BCUT2D eigenvalue weighted by atomic mass is 16.3. The molecule has 1 saturated heterocycles. The maximum absolute atomic E-state index is 12.3. The minimum atomic E-state index is -0.0537. The third-order valence-corrected chi connectivity index (χ3v) is 3.80. The van der Waals surface area contributed by atoms with E-state index in [-0.39, 0.29) is 18.4 Å². The Balaban J connectivity index is 1.99. The number of nitrogens with zero attached hydrogens (tertiary/aromatic N) is 3. The minimum Gasteiger partial charge on any atom is -0.396 e. The highest BCUT2D eigenvalue weighted by Gasteiger charge is 2.29. The van der Waals surface area contributed by atoms with Crippen molar-refractivity contribution in [2.75, 3.05) is 26.7 Å². The van der Waals surface area contributed by atoms with Gasteiger partial charge < -0.3 is 10.0 Å². The smallest absolute Gasteiger partial charge is 0.270 e. The fraction of sp³-hybridized carbons (Fsp3) is 0.769. The monoisotopic (exact) mass is 267 g/mol. The molecule has 0 radical (unpaired) electrons. The average Bonchev–Trinajstić information content (AvgIpc) is 2.42. The Kier molecular flexibility index (Phi) is 4.52. The molecule has 0 spiro atoms. The molecule has 106 valence electrons. The zero-order chi connectivity index (χ0) is 13.8. The van der Waals surface area contributed by atoms with Crippen molar-refractivity contribution >= 4 is 17.5 Å². The van der Waals surface area contributed by atoms with E-state index in [4.69, 9.17) is 5.11 Å². The number of hydrogen-bond acceptors (Lipinski definition) is 4. The molecule has 2 heterocycles. The van der Waals surface area contributed by atoms with Crippen molar-refractivity contribution in [1.29, 1.82) is 0 Å². The predicted octanol–water partition coefficient (Wildman–Crippen LogP) is 0.216. The molecule has 0 bridgehead atoms. The number of carbonyl (C=O) groups excluding carboxylic acids is 2. The van der Waals surface area contributed by atoms with E-state index in [0.717, 1.165) is 25.8 Å². The lowest BCUT2D eigenvalue weighted by Crippen LogP contribution is -2.45. The van der Waals surface area contributed by atoms with Crippen molar-refractivity contribution < 1.29 is 14.7 Å². The van der Waals surface area contributed by atoms with Gasteiger partial charge in [0.2, 0.25) is 5.91 Å². The van der Waals surface area contributed by atoms with Gasteiger partial charge in [-0.1, -0.05) is 0 Å². The topological polar surface area (TPSA) is 73.2 Å². The zero-order valence-corrected chi connectivity index (χ0v) is 11.3. The molecular formula is C13H21N3O3. The molecule has 2 rings (SSSR count). The quantitative estimate of drug-likeness (QED) is 0.794. The highest BCUT2D eigenvalue weighted by molar-refractivity contribution is 6.39. The molecule has 0 aliphatic carbocycles. The SMILES string of the molecule is CN1N=C(C(=O)N2CCCC(CCO)C2)CCC1=O. The van der Waals surface area contributed by atoms with Crippen LogP contribution in [0.15, 0.2) is 5.10 Å². The molecule has 1 N–H and O–H groups in total. The third kappa shape index (κ3) is 3.32. The third-order valence-electron chi connectivity index (χ3n) is 3.80. The number of piperidine rings is 1. The van der Waals surface area contributed by atoms with E-state index < -0.39 is 0 Å². The summed E-state index contributed by atoms with van der Waals surface area (Å²) in [5.74, 6) is 0.279. The number of amides is 2. The summed E-state index contributed by atoms with van der Waals surface area (Å²) in [4.78, 5) is 25.5. The van der Waals surface area contributed by atoms with Crippen molar-refractivity contribution in [3.63, 3.8) is 0 Å². The first-order chi connectivity index (χ1) is 9.11. The summed E-state index contributed by atoms with van der Waals surface area (Å²) in [6.45, 7) is 1.61. The molecule has 1 unspecified atom stereocenters. The second kappa shape index (κ2) is 6.14. The van der Waals surface area contributed by atoms with Crippen molar-refractivity contribution in [2.24, 2.45) is 11.0 Å². The molecule has 0 aromatic carbocycles. The highest BCUT2D eigenvalue weighted by Crippen LogP contribution is 2.20. The van der Waals surface area contributed by atoms with Gasteiger partial charge in [-0.25, -0.2) is 5.01 Å². The lowest BCUT2D eigenvalue weighted by atomic mass is 9.94. The van der Waals surface area contributed by atoms with Crippen LogP contribution in [0.4, 0.5) is 0 Å². The van der Waals surface area contributed by atoms with Crippen molar-refractivity contribution in [2.45, 2.75) is 32.1 Å². The average molecular weight is 267 g/mol. The molecule has 2 amide bonds. The van der Waals surface area contributed by atoms with E-state index >= 15 is 0 Å². The Labute approximate surface area is 113 Å². The van der Waals surface area contributed by atoms with Crippen LogP contribution in [0.5, 0.6) is 0 Å². The van der Waals surface area contributed by atoms with Crippen LogP contribution < -0.4 is 0 Å². The van der Waals surface area contributed by atoms with Crippen LogP contribution in [0.1, 0.15) is 32.1 Å². The number of hydrazone groups is 1. The molecule has 2 aliphatic heterocycles. The first-order valence-corrected chi connectivity index (χ1v) is 6.86. The van der Waals surface area contributed by atoms with Crippen molar-refractivity contribution in [3.8, 4) is 0 Å². The summed E-state index contributed by atoms with van der Waals surface area (Å²) in [5, 5.41) is 14.3. The summed E-state index contributed by atoms with van der Waals surface area (Å²) in [6.07, 6.45) is 3.57. The molecule has 0 saturated carbocycles. The summed E-state index contributed by atoms with van der Waals surface area (Å²) in [5.41, 5.74) is 0.478. The van der Waals surface area contributed by atoms with Gasteiger partial charge in [-0.15, -0.1) is 0 Å². The molecule has 6 nitrogen and oxygen atoms in total. The van der Waals surface area contributed by atoms with Crippen molar-refractivity contribution in [3.05, 3.63) is 0 Å². The van der Waals surface area contributed by atoms with E-state index in [1.807, 2.05) is 4.90 Å². The second-order valence-electron chi connectivity index (χ2n) is 5.24. The second-order valence-corrected chi connectivity index (χ2v) is 5.24. The van der Waals surface area contributed by atoms with Crippen LogP contribution in [0.2, 0.25) is 0 Å². The van der Waals surface area contributed by atoms with Crippen LogP contribution in [-0.4, -0.2) is 59.3 Å². The van der Waals surface area contributed by atoms with Gasteiger partial charge in [0.25, 0.3) is 5.91 Å². The van der Waals surface area contributed by atoms with Crippen LogP contribution in [0.3, 0.4) is 0 Å². The summed E-state index contributed by atoms with van der Waals surface area (Å²) < 4.78 is 0. The fourth-order valence-electron chi connectivity index (χ4n) is 2.67. The summed E-state index contributed by atoms with van der Waals surface area (Å²) >= 11 is 0. The molecule has 1 atom stereocenters. The van der Waals surface area contributed by atoms with Gasteiger partial charge in [-0.3, -0.25) is 9.59 Å². The lowest BCUT2D eigenvalue weighted by molar-refractivity contribution is -0.131. The van der Waals surface area contributed by atoms with E-state index in [9.17, 15) is 9.59 Å². The van der Waals surface area contributed by atoms with E-state index in [1.165, 1.54) is 5.01 Å². The Hall–Kier alpha value is -1.43. The van der Waals surface area contributed by atoms with E-state index in [2.05, 4.69) is 5.10 Å². The molecular weight excluding hydrogens is 246 g/mol. The number of rotatable bonds is 3.